The van der Waals surface area contributed by atoms with Crippen molar-refractivity contribution >= 4 is 34.6 Å². The van der Waals surface area contributed by atoms with E-state index < -0.39 is 0 Å². The predicted molar refractivity (Wildman–Crippen MR) is 128 cm³/mol. The van der Waals surface area contributed by atoms with E-state index in [1.54, 1.807) is 48.2 Å². The van der Waals surface area contributed by atoms with Gasteiger partial charge in [0, 0.05) is 43.9 Å². The number of anilines is 2. The lowest BCUT2D eigenvalue weighted by molar-refractivity contribution is 0.0949. The first-order valence-corrected chi connectivity index (χ1v) is 10.8. The quantitative estimate of drug-likeness (QED) is 0.258. The van der Waals surface area contributed by atoms with Gasteiger partial charge in [-0.15, -0.1) is 0 Å². The van der Waals surface area contributed by atoms with Crippen molar-refractivity contribution in [3.63, 3.8) is 0 Å². The number of imidazole rings is 1. The van der Waals surface area contributed by atoms with Gasteiger partial charge in [0.25, 0.3) is 11.8 Å². The van der Waals surface area contributed by atoms with Crippen molar-refractivity contribution in [3.05, 3.63) is 77.7 Å². The average Bonchev–Trinajstić information content (AvgIpc) is 3.19. The van der Waals surface area contributed by atoms with Gasteiger partial charge in [-0.3, -0.25) is 24.5 Å². The maximum atomic E-state index is 12.8. The van der Waals surface area contributed by atoms with E-state index in [1.165, 1.54) is 6.20 Å². The minimum absolute atomic E-state index is 0.292. The molecule has 34 heavy (non-hydrogen) atoms. The number of nitrogens with zero attached hydrogens (tertiary/aromatic N) is 4. The molecule has 0 atom stereocenters. The van der Waals surface area contributed by atoms with Gasteiger partial charge in [0.2, 0.25) is 5.95 Å². The summed E-state index contributed by atoms with van der Waals surface area (Å²) >= 11 is 0. The van der Waals surface area contributed by atoms with E-state index in [-0.39, 0.29) is 11.8 Å². The molecule has 4 N–H and O–H groups in total. The summed E-state index contributed by atoms with van der Waals surface area (Å²) in [6.45, 7) is 1.36. The fourth-order valence-electron chi connectivity index (χ4n) is 3.44. The topological polar surface area (TPSA) is 137 Å². The summed E-state index contributed by atoms with van der Waals surface area (Å²) in [5.41, 5.74) is 8.86. The zero-order valence-electron chi connectivity index (χ0n) is 18.7. The number of aromatic nitrogens is 4. The lowest BCUT2D eigenvalue weighted by atomic mass is 10.2. The Morgan fingerprint density at radius 2 is 1.94 bits per heavy atom. The van der Waals surface area contributed by atoms with Crippen LogP contribution in [0.1, 0.15) is 32.8 Å². The van der Waals surface area contributed by atoms with Gasteiger partial charge in [-0.05, 0) is 42.8 Å². The molecule has 0 aliphatic carbocycles. The van der Waals surface area contributed by atoms with Crippen LogP contribution in [0.15, 0.2) is 60.9 Å². The van der Waals surface area contributed by atoms with Crippen molar-refractivity contribution < 1.29 is 14.3 Å². The fourth-order valence-corrected chi connectivity index (χ4v) is 3.44. The fraction of sp³-hybridized carbons (Fsp3) is 0.208. The highest BCUT2D eigenvalue weighted by atomic mass is 16.5. The number of nitrogens with two attached hydrogens (primary N) is 1. The minimum atomic E-state index is -0.344. The summed E-state index contributed by atoms with van der Waals surface area (Å²) in [6.07, 6.45) is 3.86. The highest BCUT2D eigenvalue weighted by Gasteiger charge is 2.17. The van der Waals surface area contributed by atoms with E-state index in [0.29, 0.717) is 60.0 Å². The molecule has 10 heteroatoms. The van der Waals surface area contributed by atoms with E-state index in [0.717, 1.165) is 5.69 Å². The molecule has 0 spiro atoms. The molecule has 3 aromatic heterocycles. The van der Waals surface area contributed by atoms with Crippen LogP contribution in [0.25, 0.3) is 11.2 Å². The number of methoxy groups -OCH3 is 1. The number of fused-ring (bicyclic) bond motifs is 1. The van der Waals surface area contributed by atoms with Gasteiger partial charge in [0.1, 0.15) is 5.52 Å². The zero-order chi connectivity index (χ0) is 23.9. The maximum Gasteiger partial charge on any atom is 0.258 e. The standard InChI is InChI=1S/C24H25N7O3/c1-34-11-5-10-31-21-20(29-24(31)30-23(33)16-6-4-7-18(25)12-16)13-17(14-27-21)22(32)28-15-19-8-2-3-9-26-19/h2-4,6-9,12-14H,5,10-11,15,25H2,1H3,(H,28,32)(H,29,30,33). The third-order valence-corrected chi connectivity index (χ3v) is 5.11. The first kappa shape index (κ1) is 22.9. The van der Waals surface area contributed by atoms with Gasteiger partial charge >= 0.3 is 0 Å². The Labute approximate surface area is 196 Å². The van der Waals surface area contributed by atoms with Crippen LogP contribution in [-0.2, 0) is 17.8 Å². The number of hydrogen-bond acceptors (Lipinski definition) is 7. The third-order valence-electron chi connectivity index (χ3n) is 5.11. The van der Waals surface area contributed by atoms with Crippen molar-refractivity contribution in [1.82, 2.24) is 24.8 Å². The molecule has 4 aromatic rings. The molecule has 0 unspecified atom stereocenters. The first-order valence-electron chi connectivity index (χ1n) is 10.8. The molecule has 174 valence electrons. The van der Waals surface area contributed by atoms with Crippen LogP contribution in [0, 0.1) is 0 Å². The number of carbonyl (C=O) groups is 2. The Morgan fingerprint density at radius 3 is 2.71 bits per heavy atom. The molecule has 0 aliphatic rings. The van der Waals surface area contributed by atoms with Gasteiger partial charge in [0.15, 0.2) is 5.65 Å². The molecule has 0 saturated heterocycles. The molecule has 0 radical (unpaired) electrons. The smallest absolute Gasteiger partial charge is 0.258 e. The van der Waals surface area contributed by atoms with Crippen molar-refractivity contribution in [2.75, 3.05) is 24.8 Å². The van der Waals surface area contributed by atoms with Crippen LogP contribution in [0.5, 0.6) is 0 Å². The lowest BCUT2D eigenvalue weighted by Crippen LogP contribution is -2.23. The number of hydrogen-bond donors (Lipinski definition) is 3. The molecule has 4 rings (SSSR count). The molecule has 3 heterocycles. The normalized spacial score (nSPS) is 10.9. The van der Waals surface area contributed by atoms with Crippen molar-refractivity contribution in [2.45, 2.75) is 19.5 Å². The number of pyridine rings is 2. The first-order chi connectivity index (χ1) is 16.5. The number of ether oxygens (including phenoxy) is 1. The van der Waals surface area contributed by atoms with Crippen LogP contribution in [0.4, 0.5) is 11.6 Å². The summed E-state index contributed by atoms with van der Waals surface area (Å²) in [6, 6.07) is 13.8. The van der Waals surface area contributed by atoms with E-state index in [1.807, 2.05) is 18.2 Å². The monoisotopic (exact) mass is 459 g/mol. The molecule has 0 aliphatic heterocycles. The second-order valence-electron chi connectivity index (χ2n) is 7.58. The van der Waals surface area contributed by atoms with Crippen molar-refractivity contribution in [1.29, 1.82) is 0 Å². The van der Waals surface area contributed by atoms with Crippen molar-refractivity contribution in [2.24, 2.45) is 0 Å². The van der Waals surface area contributed by atoms with E-state index in [9.17, 15) is 9.59 Å². The van der Waals surface area contributed by atoms with Crippen LogP contribution < -0.4 is 16.4 Å². The highest BCUT2D eigenvalue weighted by molar-refractivity contribution is 6.04. The molecular formula is C24H25N7O3. The Morgan fingerprint density at radius 1 is 1.06 bits per heavy atom. The SMILES string of the molecule is COCCCn1c(NC(=O)c2cccc(N)c2)nc2cc(C(=O)NCc3ccccn3)cnc21. The van der Waals surface area contributed by atoms with Crippen LogP contribution in [0.2, 0.25) is 0 Å². The van der Waals surface area contributed by atoms with Gasteiger partial charge in [-0.2, -0.15) is 0 Å². The van der Waals surface area contributed by atoms with Gasteiger partial charge in [-0.1, -0.05) is 12.1 Å². The number of nitrogen functional groups attached to an aromatic ring is 1. The van der Waals surface area contributed by atoms with Gasteiger partial charge in [0.05, 0.1) is 17.8 Å². The predicted octanol–water partition coefficient (Wildman–Crippen LogP) is 2.63. The van der Waals surface area contributed by atoms with Crippen molar-refractivity contribution in [3.8, 4) is 0 Å². The van der Waals surface area contributed by atoms with Crippen LogP contribution >= 0.6 is 0 Å². The molecule has 0 bridgehead atoms. The van der Waals surface area contributed by atoms with Crippen LogP contribution in [-0.4, -0.2) is 45.1 Å². The summed E-state index contributed by atoms with van der Waals surface area (Å²) < 4.78 is 6.96. The molecule has 2 amide bonds. The number of carbonyl (C=O) groups excluding carboxylic acids is 2. The van der Waals surface area contributed by atoms with E-state index in [4.69, 9.17) is 10.5 Å². The van der Waals surface area contributed by atoms with E-state index >= 15 is 0 Å². The molecule has 0 saturated carbocycles. The Kier molecular flexibility index (Phi) is 7.09. The number of nitrogens with one attached hydrogen (secondary N) is 2. The molecule has 0 fully saturated rings. The lowest BCUT2D eigenvalue weighted by Gasteiger charge is -2.10. The second kappa shape index (κ2) is 10.5. The maximum absolute atomic E-state index is 12.8. The van der Waals surface area contributed by atoms with Gasteiger partial charge in [-0.25, -0.2) is 9.97 Å². The number of benzene rings is 1. The largest absolute Gasteiger partial charge is 0.399 e. The second-order valence-corrected chi connectivity index (χ2v) is 7.58. The molecule has 10 nitrogen and oxygen atoms in total. The van der Waals surface area contributed by atoms with E-state index in [2.05, 4.69) is 25.6 Å². The Balaban J connectivity index is 1.58. The molecule has 1 aromatic carbocycles. The number of rotatable bonds is 9. The number of amides is 2. The minimum Gasteiger partial charge on any atom is -0.399 e. The summed E-state index contributed by atoms with van der Waals surface area (Å²) in [7, 11) is 1.63. The summed E-state index contributed by atoms with van der Waals surface area (Å²) in [5, 5.41) is 5.66. The Bertz CT molecular complexity index is 1300. The highest BCUT2D eigenvalue weighted by Crippen LogP contribution is 2.21. The molecular weight excluding hydrogens is 434 g/mol. The summed E-state index contributed by atoms with van der Waals surface area (Å²) in [5.74, 6) is -0.305. The number of aryl methyl sites for hydroxylation is 1. The Hall–Kier alpha value is -4.31. The summed E-state index contributed by atoms with van der Waals surface area (Å²) in [4.78, 5) is 38.6. The van der Waals surface area contributed by atoms with Crippen LogP contribution in [0.3, 0.4) is 0 Å². The zero-order valence-corrected chi connectivity index (χ0v) is 18.7. The average molecular weight is 460 g/mol. The van der Waals surface area contributed by atoms with Gasteiger partial charge < -0.3 is 15.8 Å². The third kappa shape index (κ3) is 5.36.